The van der Waals surface area contributed by atoms with E-state index in [2.05, 4.69) is 34.7 Å². The summed E-state index contributed by atoms with van der Waals surface area (Å²) in [5.41, 5.74) is 1.30. The summed E-state index contributed by atoms with van der Waals surface area (Å²) in [6, 6.07) is 8.22. The predicted molar refractivity (Wildman–Crippen MR) is 83.4 cm³/mol. The van der Waals surface area contributed by atoms with Crippen LogP contribution in [0.4, 0.5) is 0 Å². The van der Waals surface area contributed by atoms with Gasteiger partial charge in [-0.2, -0.15) is 0 Å². The van der Waals surface area contributed by atoms with Crippen LogP contribution in [0.3, 0.4) is 0 Å². The largest absolute Gasteiger partial charge is 0.497 e. The van der Waals surface area contributed by atoms with E-state index >= 15 is 0 Å². The maximum Gasteiger partial charge on any atom is 0.191 e. The van der Waals surface area contributed by atoms with E-state index in [1.165, 1.54) is 18.4 Å². The highest BCUT2D eigenvalue weighted by Gasteiger charge is 2.20. The minimum atomic E-state index is 0.826. The first-order chi connectivity index (χ1) is 9.81. The summed E-state index contributed by atoms with van der Waals surface area (Å²) in [7, 11) is 1.69. The Kier molecular flexibility index (Phi) is 5.71. The van der Waals surface area contributed by atoms with Gasteiger partial charge < -0.3 is 15.4 Å². The molecule has 0 bridgehead atoms. The van der Waals surface area contributed by atoms with Crippen LogP contribution in [0.15, 0.2) is 29.3 Å². The van der Waals surface area contributed by atoms with E-state index in [-0.39, 0.29) is 0 Å². The molecule has 0 amide bonds. The second kappa shape index (κ2) is 7.78. The summed E-state index contributed by atoms with van der Waals surface area (Å²) in [6.07, 6.45) is 3.67. The average Bonchev–Trinajstić information content (AvgIpc) is 3.30. The van der Waals surface area contributed by atoms with Gasteiger partial charge in [0, 0.05) is 19.6 Å². The lowest BCUT2D eigenvalue weighted by atomic mass is 10.1. The molecule has 2 N–H and O–H groups in total. The van der Waals surface area contributed by atoms with E-state index in [0.717, 1.165) is 43.7 Å². The lowest BCUT2D eigenvalue weighted by Gasteiger charge is -2.11. The third-order valence-electron chi connectivity index (χ3n) is 3.41. The monoisotopic (exact) mass is 275 g/mol. The predicted octanol–water partition coefficient (Wildman–Crippen LogP) is 2.20. The van der Waals surface area contributed by atoms with Crippen LogP contribution < -0.4 is 15.4 Å². The van der Waals surface area contributed by atoms with Crippen molar-refractivity contribution < 1.29 is 4.74 Å². The van der Waals surface area contributed by atoms with Crippen molar-refractivity contribution in [2.24, 2.45) is 10.9 Å². The Morgan fingerprint density at radius 1 is 1.25 bits per heavy atom. The van der Waals surface area contributed by atoms with Crippen molar-refractivity contribution in [1.29, 1.82) is 0 Å². The Hall–Kier alpha value is -1.71. The number of methoxy groups -OCH3 is 1. The first kappa shape index (κ1) is 14.7. The number of hydrogen-bond acceptors (Lipinski definition) is 2. The van der Waals surface area contributed by atoms with Crippen LogP contribution >= 0.6 is 0 Å². The molecule has 0 saturated heterocycles. The minimum absolute atomic E-state index is 0.826. The first-order valence-electron chi connectivity index (χ1n) is 7.47. The SMILES string of the molecule is CCNC(=NCC1CC1)NCCc1ccc(OC)cc1. The number of nitrogens with zero attached hydrogens (tertiary/aromatic N) is 1. The van der Waals surface area contributed by atoms with Crippen LogP contribution in [0.2, 0.25) is 0 Å². The molecule has 1 fully saturated rings. The smallest absolute Gasteiger partial charge is 0.191 e. The van der Waals surface area contributed by atoms with Gasteiger partial charge in [0.1, 0.15) is 5.75 Å². The number of nitrogens with one attached hydrogen (secondary N) is 2. The third-order valence-corrected chi connectivity index (χ3v) is 3.41. The summed E-state index contributed by atoms with van der Waals surface area (Å²) < 4.78 is 5.16. The highest BCUT2D eigenvalue weighted by atomic mass is 16.5. The zero-order valence-electron chi connectivity index (χ0n) is 12.5. The molecule has 20 heavy (non-hydrogen) atoms. The van der Waals surface area contributed by atoms with Crippen molar-refractivity contribution >= 4 is 5.96 Å². The average molecular weight is 275 g/mol. The normalized spacial score (nSPS) is 15.0. The van der Waals surface area contributed by atoms with Gasteiger partial charge in [-0.3, -0.25) is 4.99 Å². The second-order valence-corrected chi connectivity index (χ2v) is 5.19. The van der Waals surface area contributed by atoms with E-state index < -0.39 is 0 Å². The van der Waals surface area contributed by atoms with Crippen LogP contribution in [0.5, 0.6) is 5.75 Å². The number of rotatable bonds is 7. The summed E-state index contributed by atoms with van der Waals surface area (Å²) >= 11 is 0. The van der Waals surface area contributed by atoms with Gasteiger partial charge in [0.25, 0.3) is 0 Å². The highest BCUT2D eigenvalue weighted by Crippen LogP contribution is 2.28. The topological polar surface area (TPSA) is 45.7 Å². The summed E-state index contributed by atoms with van der Waals surface area (Å²) in [4.78, 5) is 4.61. The highest BCUT2D eigenvalue weighted by molar-refractivity contribution is 5.79. The molecule has 0 heterocycles. The Balaban J connectivity index is 1.74. The molecular formula is C16H25N3O. The number of benzene rings is 1. The molecule has 1 aliphatic carbocycles. The first-order valence-corrected chi connectivity index (χ1v) is 7.47. The molecule has 0 aliphatic heterocycles. The Morgan fingerprint density at radius 3 is 2.60 bits per heavy atom. The van der Waals surface area contributed by atoms with E-state index in [0.29, 0.717) is 0 Å². The fourth-order valence-corrected chi connectivity index (χ4v) is 1.98. The third kappa shape index (κ3) is 5.11. The summed E-state index contributed by atoms with van der Waals surface area (Å²) in [5, 5.41) is 6.68. The molecule has 0 radical (unpaired) electrons. The molecule has 2 rings (SSSR count). The Morgan fingerprint density at radius 2 is 2.00 bits per heavy atom. The summed E-state index contributed by atoms with van der Waals surface area (Å²) in [5.74, 6) is 2.67. The molecule has 4 heteroatoms. The van der Waals surface area contributed by atoms with Gasteiger partial charge in [-0.05, 0) is 49.8 Å². The van der Waals surface area contributed by atoms with Crippen molar-refractivity contribution in [3.63, 3.8) is 0 Å². The van der Waals surface area contributed by atoms with E-state index in [9.17, 15) is 0 Å². The van der Waals surface area contributed by atoms with Crippen molar-refractivity contribution in [2.75, 3.05) is 26.7 Å². The fraction of sp³-hybridized carbons (Fsp3) is 0.562. The lowest BCUT2D eigenvalue weighted by Crippen LogP contribution is -2.38. The molecule has 0 spiro atoms. The van der Waals surface area contributed by atoms with Crippen LogP contribution in [-0.4, -0.2) is 32.7 Å². The van der Waals surface area contributed by atoms with Crippen molar-refractivity contribution in [1.82, 2.24) is 10.6 Å². The van der Waals surface area contributed by atoms with Gasteiger partial charge in [0.05, 0.1) is 7.11 Å². The Bertz CT molecular complexity index is 424. The molecule has 110 valence electrons. The van der Waals surface area contributed by atoms with Crippen LogP contribution in [0.25, 0.3) is 0 Å². The van der Waals surface area contributed by atoms with E-state index in [1.54, 1.807) is 7.11 Å². The molecule has 0 unspecified atom stereocenters. The van der Waals surface area contributed by atoms with E-state index in [1.807, 2.05) is 12.1 Å². The zero-order valence-corrected chi connectivity index (χ0v) is 12.5. The van der Waals surface area contributed by atoms with Crippen molar-refractivity contribution in [2.45, 2.75) is 26.2 Å². The molecule has 1 aromatic rings. The molecular weight excluding hydrogens is 250 g/mol. The number of aliphatic imine (C=N–C) groups is 1. The number of guanidine groups is 1. The van der Waals surface area contributed by atoms with Gasteiger partial charge in [0.15, 0.2) is 5.96 Å². The number of ether oxygens (including phenoxy) is 1. The molecule has 1 aliphatic rings. The van der Waals surface area contributed by atoms with Crippen LogP contribution in [0, 0.1) is 5.92 Å². The van der Waals surface area contributed by atoms with E-state index in [4.69, 9.17) is 4.74 Å². The summed E-state index contributed by atoms with van der Waals surface area (Å²) in [6.45, 7) is 4.84. The zero-order chi connectivity index (χ0) is 14.2. The lowest BCUT2D eigenvalue weighted by molar-refractivity contribution is 0.414. The van der Waals surface area contributed by atoms with Gasteiger partial charge in [-0.25, -0.2) is 0 Å². The maximum atomic E-state index is 5.16. The molecule has 4 nitrogen and oxygen atoms in total. The van der Waals surface area contributed by atoms with Gasteiger partial charge in [0.2, 0.25) is 0 Å². The molecule has 0 aromatic heterocycles. The fourth-order valence-electron chi connectivity index (χ4n) is 1.98. The van der Waals surface area contributed by atoms with Crippen LogP contribution in [0.1, 0.15) is 25.3 Å². The van der Waals surface area contributed by atoms with Crippen molar-refractivity contribution in [3.05, 3.63) is 29.8 Å². The Labute approximate surface area is 121 Å². The van der Waals surface area contributed by atoms with Gasteiger partial charge >= 0.3 is 0 Å². The molecule has 0 atom stereocenters. The second-order valence-electron chi connectivity index (χ2n) is 5.19. The number of hydrogen-bond donors (Lipinski definition) is 2. The maximum absolute atomic E-state index is 5.16. The molecule has 1 saturated carbocycles. The van der Waals surface area contributed by atoms with Crippen LogP contribution in [-0.2, 0) is 6.42 Å². The van der Waals surface area contributed by atoms with Crippen molar-refractivity contribution in [3.8, 4) is 5.75 Å². The standard InChI is InChI=1S/C16H25N3O/c1-3-17-16(19-12-14-4-5-14)18-11-10-13-6-8-15(20-2)9-7-13/h6-9,14H,3-5,10-12H2,1-2H3,(H2,17,18,19). The quantitative estimate of drug-likeness (QED) is 0.592. The minimum Gasteiger partial charge on any atom is -0.497 e. The molecule has 1 aromatic carbocycles. The van der Waals surface area contributed by atoms with Gasteiger partial charge in [-0.15, -0.1) is 0 Å². The van der Waals surface area contributed by atoms with Gasteiger partial charge in [-0.1, -0.05) is 12.1 Å².